The summed E-state index contributed by atoms with van der Waals surface area (Å²) in [4.78, 5) is 22.6. The van der Waals surface area contributed by atoms with Gasteiger partial charge in [0.25, 0.3) is 5.92 Å². The van der Waals surface area contributed by atoms with E-state index in [0.717, 1.165) is 11.1 Å². The highest BCUT2D eigenvalue weighted by molar-refractivity contribution is 5.94. The molecular formula is C25H25F2N5O2. The van der Waals surface area contributed by atoms with Gasteiger partial charge in [-0.05, 0) is 37.6 Å². The van der Waals surface area contributed by atoms with E-state index in [1.54, 1.807) is 23.1 Å². The summed E-state index contributed by atoms with van der Waals surface area (Å²) in [6.45, 7) is 5.43. The van der Waals surface area contributed by atoms with Crippen molar-refractivity contribution >= 4 is 28.5 Å². The number of alkyl halides is 2. The van der Waals surface area contributed by atoms with E-state index in [-0.39, 0.29) is 36.8 Å². The SMILES string of the molecule is Cc1cc([C@@H](C)Nc2ccccc2C(=O)O)c2nc(N3CCC(F)(F)[C@@H](C)C3)c(C#N)nc2c1. The predicted octanol–water partition coefficient (Wildman–Crippen LogP) is 5.16. The maximum absolute atomic E-state index is 14.1. The number of hydrogen-bond donors (Lipinski definition) is 2. The number of nitrogens with zero attached hydrogens (tertiary/aromatic N) is 4. The summed E-state index contributed by atoms with van der Waals surface area (Å²) >= 11 is 0. The molecule has 1 aromatic heterocycles. The molecule has 4 rings (SSSR count). The van der Waals surface area contributed by atoms with Crippen LogP contribution in [0.5, 0.6) is 0 Å². The summed E-state index contributed by atoms with van der Waals surface area (Å²) in [6, 6.07) is 12.1. The molecule has 9 heteroatoms. The van der Waals surface area contributed by atoms with Gasteiger partial charge in [-0.15, -0.1) is 0 Å². The summed E-state index contributed by atoms with van der Waals surface area (Å²) in [7, 11) is 0. The van der Waals surface area contributed by atoms with Crippen molar-refractivity contribution in [1.82, 2.24) is 9.97 Å². The van der Waals surface area contributed by atoms with E-state index in [9.17, 15) is 23.9 Å². The maximum Gasteiger partial charge on any atom is 0.337 e. The van der Waals surface area contributed by atoms with E-state index in [0.29, 0.717) is 22.5 Å². The Morgan fingerprint density at radius 2 is 2.06 bits per heavy atom. The normalized spacial score (nSPS) is 18.4. The third-order valence-corrected chi connectivity index (χ3v) is 6.26. The minimum Gasteiger partial charge on any atom is -0.478 e. The van der Waals surface area contributed by atoms with Crippen LogP contribution in [0.25, 0.3) is 11.0 Å². The molecule has 176 valence electrons. The number of halogens is 2. The number of hydrogen-bond acceptors (Lipinski definition) is 6. The van der Waals surface area contributed by atoms with Crippen molar-refractivity contribution in [2.45, 2.75) is 39.2 Å². The lowest BCUT2D eigenvalue weighted by atomic mass is 9.95. The Morgan fingerprint density at radius 1 is 1.32 bits per heavy atom. The molecule has 2 atom stereocenters. The average Bonchev–Trinajstić information content (AvgIpc) is 2.79. The smallest absolute Gasteiger partial charge is 0.337 e. The molecule has 2 heterocycles. The molecule has 0 unspecified atom stereocenters. The molecular weight excluding hydrogens is 440 g/mol. The highest BCUT2D eigenvalue weighted by atomic mass is 19.3. The molecule has 0 bridgehead atoms. The molecule has 1 saturated heterocycles. The number of nitrogens with one attached hydrogen (secondary N) is 1. The Morgan fingerprint density at radius 3 is 2.74 bits per heavy atom. The number of carboxylic acids is 1. The number of piperidine rings is 1. The molecule has 34 heavy (non-hydrogen) atoms. The second-order valence-corrected chi connectivity index (χ2v) is 8.80. The van der Waals surface area contributed by atoms with E-state index in [4.69, 9.17) is 4.98 Å². The quantitative estimate of drug-likeness (QED) is 0.536. The Kier molecular flexibility index (Phi) is 6.09. The van der Waals surface area contributed by atoms with Gasteiger partial charge in [-0.2, -0.15) is 5.26 Å². The second kappa shape index (κ2) is 8.86. The number of carboxylic acid groups (broad SMARTS) is 1. The zero-order valence-electron chi connectivity index (χ0n) is 19.1. The van der Waals surface area contributed by atoms with Crippen LogP contribution in [-0.2, 0) is 0 Å². The number of fused-ring (bicyclic) bond motifs is 1. The molecule has 2 aromatic carbocycles. The van der Waals surface area contributed by atoms with Crippen molar-refractivity contribution in [2.75, 3.05) is 23.3 Å². The monoisotopic (exact) mass is 465 g/mol. The number of aryl methyl sites for hydroxylation is 1. The molecule has 0 spiro atoms. The lowest BCUT2D eigenvalue weighted by Crippen LogP contribution is -2.46. The van der Waals surface area contributed by atoms with Gasteiger partial charge in [0.1, 0.15) is 6.07 Å². The third-order valence-electron chi connectivity index (χ3n) is 6.26. The van der Waals surface area contributed by atoms with Crippen molar-refractivity contribution in [3.63, 3.8) is 0 Å². The predicted molar refractivity (Wildman–Crippen MR) is 125 cm³/mol. The molecule has 2 N–H and O–H groups in total. The maximum atomic E-state index is 14.1. The van der Waals surface area contributed by atoms with Gasteiger partial charge in [0, 0.05) is 36.7 Å². The zero-order valence-corrected chi connectivity index (χ0v) is 19.1. The minimum atomic E-state index is -2.76. The molecule has 0 radical (unpaired) electrons. The van der Waals surface area contributed by atoms with Crippen LogP contribution in [0.4, 0.5) is 20.3 Å². The minimum absolute atomic E-state index is 0.0723. The number of aromatic carboxylic acids is 1. The number of aromatic nitrogens is 2. The van der Waals surface area contributed by atoms with Crippen LogP contribution in [0.1, 0.15) is 53.5 Å². The number of anilines is 2. The van der Waals surface area contributed by atoms with Crippen LogP contribution >= 0.6 is 0 Å². The van der Waals surface area contributed by atoms with Crippen molar-refractivity contribution in [3.8, 4) is 6.07 Å². The van der Waals surface area contributed by atoms with E-state index in [2.05, 4.69) is 16.4 Å². The molecule has 0 aliphatic carbocycles. The summed E-state index contributed by atoms with van der Waals surface area (Å²) in [6.07, 6.45) is -0.316. The van der Waals surface area contributed by atoms with Crippen molar-refractivity contribution in [3.05, 3.63) is 58.8 Å². The van der Waals surface area contributed by atoms with Gasteiger partial charge in [-0.1, -0.05) is 25.1 Å². The van der Waals surface area contributed by atoms with E-state index in [1.807, 2.05) is 26.0 Å². The molecule has 1 aliphatic rings. The molecule has 0 amide bonds. The highest BCUT2D eigenvalue weighted by Gasteiger charge is 2.42. The Hall–Kier alpha value is -3.80. The first-order valence-corrected chi connectivity index (χ1v) is 11.0. The summed E-state index contributed by atoms with van der Waals surface area (Å²) in [5.41, 5.74) is 3.43. The molecule has 1 aliphatic heterocycles. The van der Waals surface area contributed by atoms with Crippen molar-refractivity contribution in [2.24, 2.45) is 5.92 Å². The lowest BCUT2D eigenvalue weighted by Gasteiger charge is -2.37. The van der Waals surface area contributed by atoms with E-state index in [1.165, 1.54) is 13.0 Å². The van der Waals surface area contributed by atoms with Gasteiger partial charge in [-0.3, -0.25) is 0 Å². The van der Waals surface area contributed by atoms with Crippen molar-refractivity contribution < 1.29 is 18.7 Å². The van der Waals surface area contributed by atoms with Crippen LogP contribution in [0, 0.1) is 24.2 Å². The van der Waals surface area contributed by atoms with Gasteiger partial charge < -0.3 is 15.3 Å². The lowest BCUT2D eigenvalue weighted by molar-refractivity contribution is -0.0652. The van der Waals surface area contributed by atoms with E-state index < -0.39 is 17.8 Å². The fourth-order valence-electron chi connectivity index (χ4n) is 4.33. The van der Waals surface area contributed by atoms with Crippen LogP contribution in [-0.4, -0.2) is 40.1 Å². The fraction of sp³-hybridized carbons (Fsp3) is 0.360. The fourth-order valence-corrected chi connectivity index (χ4v) is 4.33. The molecule has 7 nitrogen and oxygen atoms in total. The van der Waals surface area contributed by atoms with Crippen LogP contribution in [0.3, 0.4) is 0 Å². The topological polar surface area (TPSA) is 102 Å². The first kappa shape index (κ1) is 23.4. The number of carbonyl (C=O) groups is 1. The van der Waals surface area contributed by atoms with Gasteiger partial charge >= 0.3 is 5.97 Å². The number of benzene rings is 2. The Labute approximate surface area is 196 Å². The van der Waals surface area contributed by atoms with E-state index >= 15 is 0 Å². The zero-order chi connectivity index (χ0) is 24.6. The summed E-state index contributed by atoms with van der Waals surface area (Å²) < 4.78 is 28.1. The van der Waals surface area contributed by atoms with Gasteiger partial charge in [0.2, 0.25) is 0 Å². The highest BCUT2D eigenvalue weighted by Crippen LogP contribution is 2.36. The van der Waals surface area contributed by atoms with Gasteiger partial charge in [-0.25, -0.2) is 23.5 Å². The van der Waals surface area contributed by atoms with Gasteiger partial charge in [0.15, 0.2) is 11.5 Å². The van der Waals surface area contributed by atoms with Crippen LogP contribution < -0.4 is 10.2 Å². The Bertz CT molecular complexity index is 1300. The third kappa shape index (κ3) is 4.36. The largest absolute Gasteiger partial charge is 0.478 e. The van der Waals surface area contributed by atoms with Crippen molar-refractivity contribution in [1.29, 1.82) is 5.26 Å². The molecule has 0 saturated carbocycles. The number of rotatable bonds is 5. The first-order chi connectivity index (χ1) is 16.1. The molecule has 3 aromatic rings. The Balaban J connectivity index is 1.78. The second-order valence-electron chi connectivity index (χ2n) is 8.80. The summed E-state index contributed by atoms with van der Waals surface area (Å²) in [5, 5.41) is 22.5. The summed E-state index contributed by atoms with van der Waals surface area (Å²) in [5.74, 6) is -4.39. The molecule has 1 fully saturated rings. The standard InChI is InChI=1S/C25H25F2N5O2/c1-14-10-18(16(3)29-19-7-5-4-6-17(19)24(33)34)22-20(11-14)30-21(12-28)23(31-22)32-9-8-25(26,27)15(2)13-32/h4-7,10-11,15-16,29H,8-9,13H2,1-3H3,(H,33,34)/t15-,16+/m0/s1. The van der Waals surface area contributed by atoms with Crippen LogP contribution in [0.15, 0.2) is 36.4 Å². The number of nitriles is 1. The average molecular weight is 466 g/mol. The van der Waals surface area contributed by atoms with Crippen LogP contribution in [0.2, 0.25) is 0 Å². The van der Waals surface area contributed by atoms with Gasteiger partial charge in [0.05, 0.1) is 22.6 Å². The number of para-hydroxylation sites is 1. The first-order valence-electron chi connectivity index (χ1n) is 11.0.